The lowest BCUT2D eigenvalue weighted by Crippen LogP contribution is -2.48. The summed E-state index contributed by atoms with van der Waals surface area (Å²) in [6, 6.07) is 8.98. The van der Waals surface area contributed by atoms with Crippen molar-refractivity contribution in [2.24, 2.45) is 5.16 Å². The number of hydrogen-bond acceptors (Lipinski definition) is 4. The van der Waals surface area contributed by atoms with E-state index in [0.717, 1.165) is 17.7 Å². The van der Waals surface area contributed by atoms with Crippen LogP contribution in [0.25, 0.3) is 0 Å². The quantitative estimate of drug-likeness (QED) is 0.829. The molecule has 0 saturated carbocycles. The average molecular weight is 303 g/mol. The number of oxime groups is 1. The van der Waals surface area contributed by atoms with E-state index in [1.165, 1.54) is 0 Å². The number of carbonyl (C=O) groups is 2. The Kier molecular flexibility index (Phi) is 5.52. The molecule has 0 bridgehead atoms. The molecule has 1 aliphatic rings. The van der Waals surface area contributed by atoms with Crippen LogP contribution in [0.4, 0.5) is 0 Å². The zero-order valence-corrected chi connectivity index (χ0v) is 12.8. The molecule has 0 spiro atoms. The first-order valence-corrected chi connectivity index (χ1v) is 7.48. The van der Waals surface area contributed by atoms with Gasteiger partial charge < -0.3 is 15.5 Å². The van der Waals surface area contributed by atoms with Crippen LogP contribution in [0.2, 0.25) is 0 Å². The van der Waals surface area contributed by atoms with Crippen LogP contribution >= 0.6 is 0 Å². The van der Waals surface area contributed by atoms with Crippen molar-refractivity contribution in [2.75, 3.05) is 6.54 Å². The van der Waals surface area contributed by atoms with Crippen molar-refractivity contribution >= 4 is 17.5 Å². The van der Waals surface area contributed by atoms with Gasteiger partial charge in [0.2, 0.25) is 12.0 Å². The van der Waals surface area contributed by atoms with E-state index in [1.54, 1.807) is 6.92 Å². The summed E-state index contributed by atoms with van der Waals surface area (Å²) < 4.78 is 0. The lowest BCUT2D eigenvalue weighted by atomic mass is 10.0. The van der Waals surface area contributed by atoms with Crippen molar-refractivity contribution in [2.45, 2.75) is 38.8 Å². The molecule has 2 N–H and O–H groups in total. The molecule has 2 atom stereocenters. The smallest absolute Gasteiger partial charge is 0.264 e. The van der Waals surface area contributed by atoms with E-state index in [1.807, 2.05) is 37.3 Å². The van der Waals surface area contributed by atoms with Crippen LogP contribution in [0.3, 0.4) is 0 Å². The van der Waals surface area contributed by atoms with Crippen LogP contribution in [0.1, 0.15) is 32.3 Å². The number of rotatable bonds is 6. The van der Waals surface area contributed by atoms with Gasteiger partial charge in [-0.05, 0) is 18.9 Å². The van der Waals surface area contributed by atoms with Crippen LogP contribution in [-0.4, -0.2) is 36.2 Å². The maximum atomic E-state index is 12.1. The maximum Gasteiger partial charge on any atom is 0.264 e. The molecule has 2 amide bonds. The van der Waals surface area contributed by atoms with E-state index in [9.17, 15) is 9.59 Å². The predicted molar refractivity (Wildman–Crippen MR) is 83.4 cm³/mol. The van der Waals surface area contributed by atoms with Crippen molar-refractivity contribution in [1.29, 1.82) is 0 Å². The Morgan fingerprint density at radius 1 is 1.36 bits per heavy atom. The third-order valence-corrected chi connectivity index (χ3v) is 3.37. The number of carbonyl (C=O) groups excluding carboxylic acids is 2. The van der Waals surface area contributed by atoms with E-state index in [-0.39, 0.29) is 11.8 Å². The molecule has 6 nitrogen and oxygen atoms in total. The van der Waals surface area contributed by atoms with Gasteiger partial charge in [-0.25, -0.2) is 0 Å². The Labute approximate surface area is 129 Å². The number of nitrogens with zero attached hydrogens (tertiary/aromatic N) is 1. The summed E-state index contributed by atoms with van der Waals surface area (Å²) in [5.41, 5.74) is 1.68. The van der Waals surface area contributed by atoms with E-state index in [4.69, 9.17) is 4.84 Å². The Morgan fingerprint density at radius 2 is 2.09 bits per heavy atom. The number of amides is 2. The topological polar surface area (TPSA) is 79.8 Å². The Balaban J connectivity index is 1.84. The molecular formula is C16H21N3O3. The van der Waals surface area contributed by atoms with Gasteiger partial charge in [0.15, 0.2) is 0 Å². The van der Waals surface area contributed by atoms with E-state index in [0.29, 0.717) is 13.0 Å². The first-order chi connectivity index (χ1) is 10.6. The van der Waals surface area contributed by atoms with Crippen LogP contribution < -0.4 is 10.6 Å². The first kappa shape index (κ1) is 16.0. The van der Waals surface area contributed by atoms with Gasteiger partial charge in [0.25, 0.3) is 5.91 Å². The average Bonchev–Trinajstić information content (AvgIpc) is 3.03. The van der Waals surface area contributed by atoms with Crippen LogP contribution in [0.15, 0.2) is 35.5 Å². The molecule has 1 heterocycles. The third kappa shape index (κ3) is 4.07. The summed E-state index contributed by atoms with van der Waals surface area (Å²) in [4.78, 5) is 29.1. The molecule has 118 valence electrons. The van der Waals surface area contributed by atoms with Crippen molar-refractivity contribution < 1.29 is 14.4 Å². The minimum absolute atomic E-state index is 0.197. The maximum absolute atomic E-state index is 12.1. The third-order valence-electron chi connectivity index (χ3n) is 3.37. The van der Waals surface area contributed by atoms with E-state index < -0.39 is 12.1 Å². The fourth-order valence-electron chi connectivity index (χ4n) is 2.09. The zero-order valence-electron chi connectivity index (χ0n) is 12.8. The molecule has 0 unspecified atom stereocenters. The predicted octanol–water partition coefficient (Wildman–Crippen LogP) is 1.21. The first-order valence-electron chi connectivity index (χ1n) is 7.48. The largest absolute Gasteiger partial charge is 0.382 e. The zero-order chi connectivity index (χ0) is 15.9. The summed E-state index contributed by atoms with van der Waals surface area (Å²) in [7, 11) is 0. The van der Waals surface area contributed by atoms with Crippen LogP contribution in [0, 0.1) is 0 Å². The number of hydrogen-bond donors (Lipinski definition) is 2. The van der Waals surface area contributed by atoms with Gasteiger partial charge in [0.05, 0.1) is 5.71 Å². The highest BCUT2D eigenvalue weighted by Gasteiger charge is 2.30. The lowest BCUT2D eigenvalue weighted by molar-refractivity contribution is -0.135. The Hall–Kier alpha value is -2.37. The molecule has 0 saturated heterocycles. The summed E-state index contributed by atoms with van der Waals surface area (Å²) in [5.74, 6) is -0.522. The fraction of sp³-hybridized carbons (Fsp3) is 0.438. The molecule has 0 radical (unpaired) electrons. The molecule has 1 aliphatic heterocycles. The number of nitrogens with one attached hydrogen (secondary N) is 2. The SMILES string of the molecule is CCCNC(=O)[C@H](C)NC(=O)[C@H]1CC(c2ccccc2)=NO1. The molecule has 1 aromatic rings. The van der Waals surface area contributed by atoms with Crippen molar-refractivity contribution in [3.63, 3.8) is 0 Å². The summed E-state index contributed by atoms with van der Waals surface area (Å²) in [5, 5.41) is 9.36. The number of benzene rings is 1. The standard InChI is InChI=1S/C16H21N3O3/c1-3-9-17-15(20)11(2)18-16(21)14-10-13(19-22-14)12-7-5-4-6-8-12/h4-8,11,14H,3,9-10H2,1-2H3,(H,17,20)(H,18,21)/t11-,14+/m0/s1. The molecule has 1 aromatic carbocycles. The second-order valence-corrected chi connectivity index (χ2v) is 5.22. The monoisotopic (exact) mass is 303 g/mol. The van der Waals surface area contributed by atoms with Crippen molar-refractivity contribution in [3.8, 4) is 0 Å². The second kappa shape index (κ2) is 7.59. The molecule has 0 aromatic heterocycles. The highest BCUT2D eigenvalue weighted by atomic mass is 16.6. The van der Waals surface area contributed by atoms with Gasteiger partial charge in [0.1, 0.15) is 6.04 Å². The van der Waals surface area contributed by atoms with Gasteiger partial charge in [0, 0.05) is 13.0 Å². The highest BCUT2D eigenvalue weighted by Crippen LogP contribution is 2.16. The highest BCUT2D eigenvalue weighted by molar-refractivity contribution is 6.04. The van der Waals surface area contributed by atoms with E-state index >= 15 is 0 Å². The van der Waals surface area contributed by atoms with Gasteiger partial charge in [-0.1, -0.05) is 42.4 Å². The van der Waals surface area contributed by atoms with E-state index in [2.05, 4.69) is 15.8 Å². The summed E-state index contributed by atoms with van der Waals surface area (Å²) in [6.45, 7) is 4.22. The molecule has 6 heteroatoms. The molecular weight excluding hydrogens is 282 g/mol. The Morgan fingerprint density at radius 3 is 2.77 bits per heavy atom. The minimum Gasteiger partial charge on any atom is -0.382 e. The fourth-order valence-corrected chi connectivity index (χ4v) is 2.09. The molecule has 22 heavy (non-hydrogen) atoms. The summed E-state index contributed by atoms with van der Waals surface area (Å²) >= 11 is 0. The van der Waals surface area contributed by atoms with Gasteiger partial charge in [-0.2, -0.15) is 0 Å². The van der Waals surface area contributed by atoms with Crippen LogP contribution in [-0.2, 0) is 14.4 Å². The minimum atomic E-state index is -0.684. The molecule has 0 fully saturated rings. The van der Waals surface area contributed by atoms with Gasteiger partial charge in [-0.3, -0.25) is 9.59 Å². The lowest BCUT2D eigenvalue weighted by Gasteiger charge is -2.15. The summed E-state index contributed by atoms with van der Waals surface area (Å²) in [6.07, 6.45) is 0.572. The second-order valence-electron chi connectivity index (χ2n) is 5.22. The molecule has 0 aliphatic carbocycles. The van der Waals surface area contributed by atoms with Crippen molar-refractivity contribution in [3.05, 3.63) is 35.9 Å². The van der Waals surface area contributed by atoms with Crippen molar-refractivity contribution in [1.82, 2.24) is 10.6 Å². The Bertz CT molecular complexity index is 557. The van der Waals surface area contributed by atoms with Crippen LogP contribution in [0.5, 0.6) is 0 Å². The molecule has 2 rings (SSSR count). The van der Waals surface area contributed by atoms with Gasteiger partial charge >= 0.3 is 0 Å². The van der Waals surface area contributed by atoms with Gasteiger partial charge in [-0.15, -0.1) is 0 Å². The normalized spacial score (nSPS) is 18.1.